The lowest BCUT2D eigenvalue weighted by Crippen LogP contribution is -2.04. The van der Waals surface area contributed by atoms with Crippen LogP contribution in [-0.2, 0) is 0 Å². The van der Waals surface area contributed by atoms with Crippen LogP contribution >= 0.6 is 0 Å². The maximum Gasteiger partial charge on any atom is 0.387 e. The molecule has 0 aliphatic heterocycles. The van der Waals surface area contributed by atoms with Crippen molar-refractivity contribution in [2.45, 2.75) is 13.5 Å². The van der Waals surface area contributed by atoms with Crippen molar-refractivity contribution < 1.29 is 23.5 Å². The number of hydrogen-bond acceptors (Lipinski definition) is 4. The first kappa shape index (κ1) is 12.2. The molecule has 0 aliphatic rings. The van der Waals surface area contributed by atoms with Crippen molar-refractivity contribution in [3.8, 4) is 11.5 Å². The summed E-state index contributed by atoms with van der Waals surface area (Å²) in [5.41, 5.74) is 0.905. The fourth-order valence-corrected chi connectivity index (χ4v) is 1.14. The number of ether oxygens (including phenoxy) is 2. The van der Waals surface area contributed by atoms with Crippen LogP contribution in [-0.4, -0.2) is 24.6 Å². The predicted octanol–water partition coefficient (Wildman–Crippen LogP) is 2.49. The van der Waals surface area contributed by atoms with Crippen molar-refractivity contribution in [1.29, 1.82) is 0 Å². The smallest absolute Gasteiger partial charge is 0.387 e. The van der Waals surface area contributed by atoms with Crippen LogP contribution in [0.25, 0.3) is 0 Å². The van der Waals surface area contributed by atoms with E-state index in [1.54, 1.807) is 6.92 Å². The van der Waals surface area contributed by atoms with E-state index in [1.165, 1.54) is 25.3 Å². The quantitative estimate of drug-likeness (QED) is 0.492. The molecule has 0 saturated carbocycles. The molecule has 0 aliphatic carbocycles. The lowest BCUT2D eigenvalue weighted by atomic mass is 10.1. The second kappa shape index (κ2) is 5.29. The third-order valence-corrected chi connectivity index (χ3v) is 1.95. The molecule has 88 valence electrons. The first-order valence-electron chi connectivity index (χ1n) is 4.40. The molecule has 0 heterocycles. The summed E-state index contributed by atoms with van der Waals surface area (Å²) >= 11 is 0. The Balaban J connectivity index is 3.06. The van der Waals surface area contributed by atoms with E-state index < -0.39 is 6.61 Å². The van der Waals surface area contributed by atoms with Crippen LogP contribution in [0.4, 0.5) is 8.78 Å². The van der Waals surface area contributed by atoms with Crippen LogP contribution in [0.5, 0.6) is 11.5 Å². The van der Waals surface area contributed by atoms with Gasteiger partial charge in [0, 0.05) is 5.56 Å². The molecule has 1 aromatic rings. The second-order valence-electron chi connectivity index (χ2n) is 2.93. The van der Waals surface area contributed by atoms with Gasteiger partial charge in [-0.2, -0.15) is 8.78 Å². The molecule has 0 amide bonds. The number of rotatable bonds is 4. The first-order chi connectivity index (χ1) is 7.58. The highest BCUT2D eigenvalue weighted by Crippen LogP contribution is 2.29. The average Bonchev–Trinajstić information content (AvgIpc) is 2.27. The lowest BCUT2D eigenvalue weighted by molar-refractivity contribution is -0.0512. The van der Waals surface area contributed by atoms with Gasteiger partial charge in [0.1, 0.15) is 0 Å². The molecule has 0 spiro atoms. The maximum absolute atomic E-state index is 12.0. The molecule has 0 bridgehead atoms. The number of hydrogen-bond donors (Lipinski definition) is 1. The van der Waals surface area contributed by atoms with Crippen molar-refractivity contribution in [1.82, 2.24) is 0 Å². The zero-order valence-electron chi connectivity index (χ0n) is 8.78. The molecule has 1 rings (SSSR count). The fraction of sp³-hybridized carbons (Fsp3) is 0.300. The van der Waals surface area contributed by atoms with Crippen molar-refractivity contribution in [3.05, 3.63) is 23.8 Å². The monoisotopic (exact) mass is 231 g/mol. The molecule has 1 N–H and O–H groups in total. The Morgan fingerprint density at radius 1 is 1.38 bits per heavy atom. The van der Waals surface area contributed by atoms with Crippen molar-refractivity contribution in [2.24, 2.45) is 5.16 Å². The van der Waals surface area contributed by atoms with E-state index in [9.17, 15) is 8.78 Å². The number of alkyl halides is 2. The van der Waals surface area contributed by atoms with E-state index in [2.05, 4.69) is 9.89 Å². The largest absolute Gasteiger partial charge is 0.493 e. The van der Waals surface area contributed by atoms with Crippen molar-refractivity contribution >= 4 is 5.71 Å². The summed E-state index contributed by atoms with van der Waals surface area (Å²) in [6, 6.07) is 4.27. The Labute approximate surface area is 91.1 Å². The summed E-state index contributed by atoms with van der Waals surface area (Å²) in [5.74, 6) is 0.0905. The molecule has 0 aromatic heterocycles. The zero-order valence-corrected chi connectivity index (χ0v) is 8.78. The van der Waals surface area contributed by atoms with Crippen molar-refractivity contribution in [2.75, 3.05) is 7.11 Å². The van der Waals surface area contributed by atoms with E-state index in [0.29, 0.717) is 11.3 Å². The Morgan fingerprint density at radius 3 is 2.56 bits per heavy atom. The molecular weight excluding hydrogens is 220 g/mol. The van der Waals surface area contributed by atoms with E-state index in [1.807, 2.05) is 0 Å². The number of nitrogens with zero attached hydrogens (tertiary/aromatic N) is 1. The minimum absolute atomic E-state index is 0.0630. The number of oxime groups is 1. The van der Waals surface area contributed by atoms with Crippen LogP contribution in [0.1, 0.15) is 12.5 Å². The van der Waals surface area contributed by atoms with E-state index in [-0.39, 0.29) is 11.5 Å². The van der Waals surface area contributed by atoms with E-state index in [4.69, 9.17) is 9.94 Å². The molecular formula is C10H11F2NO3. The summed E-state index contributed by atoms with van der Waals surface area (Å²) in [4.78, 5) is 0. The molecule has 0 unspecified atom stereocenters. The van der Waals surface area contributed by atoms with Crippen LogP contribution in [0.2, 0.25) is 0 Å². The van der Waals surface area contributed by atoms with Crippen molar-refractivity contribution in [3.63, 3.8) is 0 Å². The second-order valence-corrected chi connectivity index (χ2v) is 2.93. The summed E-state index contributed by atoms with van der Waals surface area (Å²) in [6.07, 6.45) is 0. The molecule has 0 atom stereocenters. The van der Waals surface area contributed by atoms with Gasteiger partial charge in [0.2, 0.25) is 0 Å². The van der Waals surface area contributed by atoms with Gasteiger partial charge >= 0.3 is 6.61 Å². The SMILES string of the molecule is COc1cc(/C(C)=N\O)ccc1OC(F)F. The molecule has 6 heteroatoms. The summed E-state index contributed by atoms with van der Waals surface area (Å²) in [6.45, 7) is -1.34. The predicted molar refractivity (Wildman–Crippen MR) is 53.6 cm³/mol. The molecule has 4 nitrogen and oxygen atoms in total. The Kier molecular flexibility index (Phi) is 4.04. The Bertz CT molecular complexity index is 394. The van der Waals surface area contributed by atoms with Gasteiger partial charge in [-0.05, 0) is 25.1 Å². The van der Waals surface area contributed by atoms with Gasteiger partial charge < -0.3 is 14.7 Å². The number of benzene rings is 1. The fourth-order valence-electron chi connectivity index (χ4n) is 1.14. The Hall–Kier alpha value is -1.85. The summed E-state index contributed by atoms with van der Waals surface area (Å²) in [7, 11) is 1.34. The average molecular weight is 231 g/mol. The number of halogens is 2. The van der Waals surface area contributed by atoms with Gasteiger partial charge in [-0.25, -0.2) is 0 Å². The molecule has 0 fully saturated rings. The molecule has 0 radical (unpaired) electrons. The summed E-state index contributed by atoms with van der Waals surface area (Å²) < 4.78 is 33.2. The van der Waals surface area contributed by atoms with Gasteiger partial charge in [0.05, 0.1) is 12.8 Å². The van der Waals surface area contributed by atoms with Gasteiger partial charge in [0.15, 0.2) is 11.5 Å². The minimum atomic E-state index is -2.91. The molecule has 16 heavy (non-hydrogen) atoms. The minimum Gasteiger partial charge on any atom is -0.493 e. The van der Waals surface area contributed by atoms with Gasteiger partial charge in [0.25, 0.3) is 0 Å². The maximum atomic E-state index is 12.0. The molecule has 0 saturated heterocycles. The topological polar surface area (TPSA) is 51.0 Å². The van der Waals surface area contributed by atoms with Crippen LogP contribution < -0.4 is 9.47 Å². The summed E-state index contributed by atoms with van der Waals surface area (Å²) in [5, 5.41) is 11.6. The zero-order chi connectivity index (χ0) is 12.1. The highest BCUT2D eigenvalue weighted by atomic mass is 19.3. The van der Waals surface area contributed by atoms with Crippen LogP contribution in [0.15, 0.2) is 23.4 Å². The van der Waals surface area contributed by atoms with E-state index >= 15 is 0 Å². The van der Waals surface area contributed by atoms with Gasteiger partial charge in [-0.3, -0.25) is 0 Å². The number of methoxy groups -OCH3 is 1. The third-order valence-electron chi connectivity index (χ3n) is 1.95. The standard InChI is InChI=1S/C10H11F2NO3/c1-6(13-14)7-3-4-8(16-10(11)12)9(5-7)15-2/h3-5,10,14H,1-2H3/b13-6-. The van der Waals surface area contributed by atoms with Gasteiger partial charge in [-0.15, -0.1) is 0 Å². The lowest BCUT2D eigenvalue weighted by Gasteiger charge is -2.10. The van der Waals surface area contributed by atoms with E-state index in [0.717, 1.165) is 0 Å². The normalized spacial score (nSPS) is 11.7. The highest BCUT2D eigenvalue weighted by Gasteiger charge is 2.11. The van der Waals surface area contributed by atoms with Crippen LogP contribution in [0, 0.1) is 0 Å². The van der Waals surface area contributed by atoms with Gasteiger partial charge in [-0.1, -0.05) is 5.16 Å². The van der Waals surface area contributed by atoms with Crippen LogP contribution in [0.3, 0.4) is 0 Å². The third kappa shape index (κ3) is 2.82. The first-order valence-corrected chi connectivity index (χ1v) is 4.40. The highest BCUT2D eigenvalue weighted by molar-refractivity contribution is 5.98. The molecule has 1 aromatic carbocycles. The Morgan fingerprint density at radius 2 is 2.06 bits per heavy atom.